The summed E-state index contributed by atoms with van der Waals surface area (Å²) in [7, 11) is 0. The van der Waals surface area contributed by atoms with Gasteiger partial charge in [-0.1, -0.05) is 27.4 Å². The number of alkyl halides is 3. The molecular weight excluding hydrogens is 459 g/mol. The van der Waals surface area contributed by atoms with Gasteiger partial charge in [0.15, 0.2) is 0 Å². The van der Waals surface area contributed by atoms with Crippen molar-refractivity contribution in [2.75, 3.05) is 25.0 Å². The number of nitrogens with one attached hydrogen (secondary N) is 3. The van der Waals surface area contributed by atoms with Crippen LogP contribution in [0.3, 0.4) is 0 Å². The lowest BCUT2D eigenvalue weighted by molar-refractivity contribution is -0.0934. The average molecular weight is 494 g/mol. The molecule has 34 heavy (non-hydrogen) atoms. The first-order valence-corrected chi connectivity index (χ1v) is 12.8. The fourth-order valence-corrected chi connectivity index (χ4v) is 6.66. The highest BCUT2D eigenvalue weighted by Gasteiger charge is 2.41. The molecule has 2 amide bonds. The number of anilines is 1. The van der Waals surface area contributed by atoms with Crippen molar-refractivity contribution >= 4 is 27.9 Å². The maximum absolute atomic E-state index is 13.7. The Morgan fingerprint density at radius 3 is 2.59 bits per heavy atom. The number of halogens is 3. The van der Waals surface area contributed by atoms with Crippen LogP contribution in [-0.2, 0) is 12.8 Å². The average Bonchev–Trinajstić information content (AvgIpc) is 3.29. The van der Waals surface area contributed by atoms with Gasteiger partial charge in [0.1, 0.15) is 5.00 Å². The Labute approximate surface area is 203 Å². The molecule has 0 aromatic carbocycles. The summed E-state index contributed by atoms with van der Waals surface area (Å²) < 4.78 is 41.1. The second-order valence-electron chi connectivity index (χ2n) is 10.7. The first kappa shape index (κ1) is 25.0. The minimum absolute atomic E-state index is 0.0589. The Morgan fingerprint density at radius 1 is 1.15 bits per heavy atom. The number of thiophene rings is 1. The molecule has 1 aromatic rings. The SMILES string of the molecule is C=C(CC(C)(C)C)c1c(NC(=O)NCC2=C(C(F)(F)F)CC3=C2CCNC3)sc2c1CCCC2. The Hall–Kier alpha value is -2.06. The lowest BCUT2D eigenvalue weighted by Gasteiger charge is -2.22. The molecule has 0 spiro atoms. The highest BCUT2D eigenvalue weighted by molar-refractivity contribution is 7.16. The summed E-state index contributed by atoms with van der Waals surface area (Å²) in [6.45, 7) is 11.8. The molecule has 3 aliphatic rings. The Balaban J connectivity index is 1.52. The van der Waals surface area contributed by atoms with Crippen molar-refractivity contribution in [3.05, 3.63) is 44.9 Å². The van der Waals surface area contributed by atoms with Crippen LogP contribution in [0.4, 0.5) is 23.0 Å². The summed E-state index contributed by atoms with van der Waals surface area (Å²) in [6.07, 6.45) is 1.10. The second-order valence-corrected chi connectivity index (χ2v) is 11.8. The number of allylic oxidation sites excluding steroid dienone is 2. The summed E-state index contributed by atoms with van der Waals surface area (Å²) in [4.78, 5) is 14.2. The van der Waals surface area contributed by atoms with E-state index in [2.05, 4.69) is 43.3 Å². The lowest BCUT2D eigenvalue weighted by atomic mass is 9.83. The number of rotatable bonds is 5. The largest absolute Gasteiger partial charge is 0.413 e. The van der Waals surface area contributed by atoms with E-state index in [4.69, 9.17) is 0 Å². The zero-order valence-electron chi connectivity index (χ0n) is 20.2. The summed E-state index contributed by atoms with van der Waals surface area (Å²) in [6, 6.07) is -0.472. The molecule has 0 radical (unpaired) electrons. The van der Waals surface area contributed by atoms with Crippen molar-refractivity contribution in [1.29, 1.82) is 0 Å². The zero-order valence-corrected chi connectivity index (χ0v) is 21.0. The van der Waals surface area contributed by atoms with Crippen LogP contribution in [-0.4, -0.2) is 31.8 Å². The molecule has 0 atom stereocenters. The molecule has 4 nitrogen and oxygen atoms in total. The van der Waals surface area contributed by atoms with E-state index < -0.39 is 17.8 Å². The topological polar surface area (TPSA) is 53.2 Å². The molecular formula is C26H34F3N3OS. The van der Waals surface area contributed by atoms with E-state index in [1.807, 2.05) is 0 Å². The number of carbonyl (C=O) groups is 1. The monoisotopic (exact) mass is 493 g/mol. The smallest absolute Gasteiger partial charge is 0.334 e. The summed E-state index contributed by atoms with van der Waals surface area (Å²) in [5, 5.41) is 9.58. The van der Waals surface area contributed by atoms with Crippen molar-refractivity contribution < 1.29 is 18.0 Å². The maximum atomic E-state index is 13.7. The lowest BCUT2D eigenvalue weighted by Crippen LogP contribution is -2.32. The van der Waals surface area contributed by atoms with Crippen LogP contribution in [0, 0.1) is 5.41 Å². The zero-order chi connectivity index (χ0) is 24.7. The highest BCUT2D eigenvalue weighted by Crippen LogP contribution is 2.45. The van der Waals surface area contributed by atoms with E-state index in [1.165, 1.54) is 10.4 Å². The molecule has 2 heterocycles. The van der Waals surface area contributed by atoms with Crippen LogP contribution < -0.4 is 16.0 Å². The Bertz CT molecular complexity index is 1060. The minimum Gasteiger partial charge on any atom is -0.334 e. The number of amides is 2. The number of urea groups is 1. The predicted octanol–water partition coefficient (Wildman–Crippen LogP) is 6.75. The van der Waals surface area contributed by atoms with E-state index in [0.29, 0.717) is 19.5 Å². The van der Waals surface area contributed by atoms with Gasteiger partial charge in [0, 0.05) is 35.5 Å². The van der Waals surface area contributed by atoms with Crippen LogP contribution >= 0.6 is 11.3 Å². The number of fused-ring (bicyclic) bond motifs is 1. The van der Waals surface area contributed by atoms with Crippen molar-refractivity contribution in [3.63, 3.8) is 0 Å². The van der Waals surface area contributed by atoms with Crippen LogP contribution in [0.2, 0.25) is 0 Å². The van der Waals surface area contributed by atoms with Gasteiger partial charge in [-0.15, -0.1) is 11.3 Å². The quantitative estimate of drug-likeness (QED) is 0.425. The molecule has 0 saturated carbocycles. The number of hydrogen-bond acceptors (Lipinski definition) is 3. The summed E-state index contributed by atoms with van der Waals surface area (Å²) >= 11 is 1.58. The maximum Gasteiger partial charge on any atom is 0.413 e. The normalized spacial score (nSPS) is 18.6. The molecule has 0 unspecified atom stereocenters. The second kappa shape index (κ2) is 9.53. The summed E-state index contributed by atoms with van der Waals surface area (Å²) in [5.74, 6) is 0. The van der Waals surface area contributed by atoms with Crippen LogP contribution in [0.25, 0.3) is 5.57 Å². The molecule has 2 aliphatic carbocycles. The molecule has 8 heteroatoms. The third-order valence-electron chi connectivity index (χ3n) is 6.70. The Kier molecular flexibility index (Phi) is 7.02. The fraction of sp³-hybridized carbons (Fsp3) is 0.577. The van der Waals surface area contributed by atoms with Gasteiger partial charge < -0.3 is 10.6 Å². The molecule has 0 bridgehead atoms. The van der Waals surface area contributed by atoms with Crippen LogP contribution in [0.5, 0.6) is 0 Å². The third kappa shape index (κ3) is 5.43. The molecule has 0 saturated heterocycles. The van der Waals surface area contributed by atoms with E-state index in [0.717, 1.165) is 59.4 Å². The van der Waals surface area contributed by atoms with Gasteiger partial charge in [-0.2, -0.15) is 13.2 Å². The van der Waals surface area contributed by atoms with E-state index in [-0.39, 0.29) is 24.0 Å². The van der Waals surface area contributed by atoms with Gasteiger partial charge in [-0.3, -0.25) is 5.32 Å². The molecule has 1 aromatic heterocycles. The standard InChI is InChI=1S/C26H34F3N3OS/c1-15(12-25(2,3)4)22-18-7-5-6-8-21(18)34-23(22)32-24(33)31-14-19-17-9-10-30-13-16(17)11-20(19)26(27,28)29/h30H,1,5-14H2,2-4H3,(H2,31,32,33). The Morgan fingerprint density at radius 2 is 1.88 bits per heavy atom. The van der Waals surface area contributed by atoms with Crippen LogP contribution in [0.1, 0.15) is 68.9 Å². The number of hydrogen-bond donors (Lipinski definition) is 3. The fourth-order valence-electron chi connectivity index (χ4n) is 5.33. The van der Waals surface area contributed by atoms with Gasteiger partial charge in [-0.05, 0) is 78.3 Å². The van der Waals surface area contributed by atoms with Gasteiger partial charge in [0.2, 0.25) is 0 Å². The minimum atomic E-state index is -4.39. The van der Waals surface area contributed by atoms with E-state index in [1.54, 1.807) is 11.3 Å². The van der Waals surface area contributed by atoms with Gasteiger partial charge in [0.05, 0.1) is 0 Å². The van der Waals surface area contributed by atoms with Gasteiger partial charge >= 0.3 is 12.2 Å². The van der Waals surface area contributed by atoms with E-state index >= 15 is 0 Å². The van der Waals surface area contributed by atoms with Gasteiger partial charge in [0.25, 0.3) is 0 Å². The molecule has 0 fully saturated rings. The van der Waals surface area contributed by atoms with Crippen LogP contribution in [0.15, 0.2) is 28.9 Å². The van der Waals surface area contributed by atoms with Crippen molar-refractivity contribution in [1.82, 2.24) is 10.6 Å². The summed E-state index contributed by atoms with van der Waals surface area (Å²) in [5.41, 5.74) is 4.65. The molecule has 3 N–H and O–H groups in total. The third-order valence-corrected chi connectivity index (χ3v) is 7.91. The number of aryl methyl sites for hydroxylation is 1. The van der Waals surface area contributed by atoms with Gasteiger partial charge in [-0.25, -0.2) is 4.79 Å². The van der Waals surface area contributed by atoms with Crippen molar-refractivity contribution in [2.24, 2.45) is 5.41 Å². The molecule has 186 valence electrons. The van der Waals surface area contributed by atoms with E-state index in [9.17, 15) is 18.0 Å². The first-order chi connectivity index (χ1) is 15.9. The molecule has 1 aliphatic heterocycles. The first-order valence-electron chi connectivity index (χ1n) is 12.0. The number of carbonyl (C=O) groups excluding carboxylic acids is 1. The van der Waals surface area contributed by atoms with Crippen molar-refractivity contribution in [3.8, 4) is 0 Å². The van der Waals surface area contributed by atoms with Crippen molar-refractivity contribution in [2.45, 2.75) is 71.9 Å². The molecule has 4 rings (SSSR count). The predicted molar refractivity (Wildman–Crippen MR) is 133 cm³/mol. The highest BCUT2D eigenvalue weighted by atomic mass is 32.1.